The highest BCUT2D eigenvalue weighted by molar-refractivity contribution is 5.99. The van der Waals surface area contributed by atoms with Crippen molar-refractivity contribution < 1.29 is 9.59 Å². The molecule has 2 heterocycles. The first-order valence-electron chi connectivity index (χ1n) is 9.38. The van der Waals surface area contributed by atoms with Crippen LogP contribution in [0.25, 0.3) is 11.1 Å². The normalized spacial score (nSPS) is 16.7. The second kappa shape index (κ2) is 7.68. The Kier molecular flexibility index (Phi) is 4.93. The minimum Gasteiger partial charge on any atom is -0.337 e. The van der Waals surface area contributed by atoms with E-state index in [2.05, 4.69) is 10.2 Å². The van der Waals surface area contributed by atoms with Crippen LogP contribution in [0.1, 0.15) is 33.7 Å². The predicted octanol–water partition coefficient (Wildman–Crippen LogP) is 3.11. The third-order valence-corrected chi connectivity index (χ3v) is 5.18. The SMILES string of the molecule is O=C(c1ccc(-c2ccccc2)cc1)C1CCCN(C(=O)c2cc(=O)[nH][nH]2)C1. The zero-order valence-electron chi connectivity index (χ0n) is 15.4. The van der Waals surface area contributed by atoms with E-state index in [4.69, 9.17) is 0 Å². The maximum absolute atomic E-state index is 13.0. The van der Waals surface area contributed by atoms with Gasteiger partial charge in [0.25, 0.3) is 11.5 Å². The lowest BCUT2D eigenvalue weighted by Crippen LogP contribution is -2.42. The maximum Gasteiger partial charge on any atom is 0.271 e. The fourth-order valence-corrected chi connectivity index (χ4v) is 3.69. The standard InChI is InChI=1S/C22H21N3O3/c26-20-13-19(23-24-20)22(28)25-12-4-7-18(14-25)21(27)17-10-8-16(9-11-17)15-5-2-1-3-6-15/h1-3,5-6,8-11,13,18H,4,7,12,14H2,(H2,23,24,26). The molecule has 1 unspecified atom stereocenters. The van der Waals surface area contributed by atoms with E-state index in [1.54, 1.807) is 4.90 Å². The van der Waals surface area contributed by atoms with Crippen LogP contribution in [0.15, 0.2) is 65.5 Å². The Bertz CT molecular complexity index is 1030. The molecule has 1 aliphatic heterocycles. The lowest BCUT2D eigenvalue weighted by molar-refractivity contribution is 0.0632. The van der Waals surface area contributed by atoms with Gasteiger partial charge in [0.15, 0.2) is 5.78 Å². The number of ketones is 1. The van der Waals surface area contributed by atoms with Gasteiger partial charge >= 0.3 is 0 Å². The van der Waals surface area contributed by atoms with Crippen LogP contribution in [0.4, 0.5) is 0 Å². The summed E-state index contributed by atoms with van der Waals surface area (Å²) in [6, 6.07) is 18.9. The van der Waals surface area contributed by atoms with Crippen molar-refractivity contribution in [3.8, 4) is 11.1 Å². The van der Waals surface area contributed by atoms with Gasteiger partial charge in [0.1, 0.15) is 5.69 Å². The average Bonchev–Trinajstić information content (AvgIpc) is 3.20. The van der Waals surface area contributed by atoms with E-state index in [-0.39, 0.29) is 28.9 Å². The van der Waals surface area contributed by atoms with Crippen molar-refractivity contribution in [1.29, 1.82) is 0 Å². The van der Waals surface area contributed by atoms with Gasteiger partial charge in [-0.2, -0.15) is 0 Å². The van der Waals surface area contributed by atoms with Crippen LogP contribution in [0, 0.1) is 5.92 Å². The summed E-state index contributed by atoms with van der Waals surface area (Å²) in [5.74, 6) is -0.430. The van der Waals surface area contributed by atoms with E-state index in [0.717, 1.165) is 24.0 Å². The van der Waals surface area contributed by atoms with Crippen LogP contribution >= 0.6 is 0 Å². The number of H-pyrrole nitrogens is 2. The highest BCUT2D eigenvalue weighted by atomic mass is 16.2. The molecule has 2 aromatic carbocycles. The van der Waals surface area contributed by atoms with Gasteiger partial charge in [0.2, 0.25) is 0 Å². The molecular formula is C22H21N3O3. The van der Waals surface area contributed by atoms with Crippen LogP contribution in [0.2, 0.25) is 0 Å². The van der Waals surface area contributed by atoms with Crippen molar-refractivity contribution in [2.45, 2.75) is 12.8 Å². The zero-order chi connectivity index (χ0) is 19.5. The Morgan fingerprint density at radius 1 is 0.929 bits per heavy atom. The number of likely N-dealkylation sites (tertiary alicyclic amines) is 1. The van der Waals surface area contributed by atoms with Crippen molar-refractivity contribution in [2.75, 3.05) is 13.1 Å². The molecule has 0 aliphatic carbocycles. The smallest absolute Gasteiger partial charge is 0.271 e. The van der Waals surface area contributed by atoms with Crippen LogP contribution in [-0.2, 0) is 0 Å². The van der Waals surface area contributed by atoms with E-state index in [0.29, 0.717) is 18.7 Å². The average molecular weight is 375 g/mol. The Balaban J connectivity index is 1.47. The third kappa shape index (κ3) is 3.67. The summed E-state index contributed by atoms with van der Waals surface area (Å²) in [6.45, 7) is 0.952. The largest absolute Gasteiger partial charge is 0.337 e. The Hall–Kier alpha value is -3.41. The van der Waals surface area contributed by atoms with Crippen molar-refractivity contribution in [3.63, 3.8) is 0 Å². The molecule has 1 aliphatic rings. The number of amides is 1. The molecule has 0 spiro atoms. The molecule has 0 bridgehead atoms. The van der Waals surface area contributed by atoms with Gasteiger partial charge in [0.05, 0.1) is 0 Å². The predicted molar refractivity (Wildman–Crippen MR) is 106 cm³/mol. The van der Waals surface area contributed by atoms with E-state index in [1.807, 2.05) is 54.6 Å². The number of nitrogens with one attached hydrogen (secondary N) is 2. The molecule has 2 N–H and O–H groups in total. The Labute approximate surface area is 162 Å². The maximum atomic E-state index is 13.0. The summed E-state index contributed by atoms with van der Waals surface area (Å²) >= 11 is 0. The molecule has 0 saturated carbocycles. The fourth-order valence-electron chi connectivity index (χ4n) is 3.69. The minimum absolute atomic E-state index is 0.0553. The molecule has 4 rings (SSSR count). The number of rotatable bonds is 4. The Morgan fingerprint density at radius 3 is 2.32 bits per heavy atom. The first-order valence-corrected chi connectivity index (χ1v) is 9.38. The molecule has 28 heavy (non-hydrogen) atoms. The zero-order valence-corrected chi connectivity index (χ0v) is 15.4. The lowest BCUT2D eigenvalue weighted by Gasteiger charge is -2.31. The molecule has 1 atom stereocenters. The van der Waals surface area contributed by atoms with Gasteiger partial charge in [-0.1, -0.05) is 54.6 Å². The van der Waals surface area contributed by atoms with Gasteiger partial charge in [-0.25, -0.2) is 0 Å². The van der Waals surface area contributed by atoms with Crippen LogP contribution < -0.4 is 5.56 Å². The number of aromatic nitrogens is 2. The summed E-state index contributed by atoms with van der Waals surface area (Å²) in [5.41, 5.74) is 2.72. The van der Waals surface area contributed by atoms with Crippen molar-refractivity contribution in [1.82, 2.24) is 15.1 Å². The number of hydrogen-bond acceptors (Lipinski definition) is 3. The summed E-state index contributed by atoms with van der Waals surface area (Å²) in [6.07, 6.45) is 1.52. The van der Waals surface area contributed by atoms with Gasteiger partial charge in [-0.3, -0.25) is 24.6 Å². The topological polar surface area (TPSA) is 86.0 Å². The molecule has 1 fully saturated rings. The molecule has 6 heteroatoms. The van der Waals surface area contributed by atoms with Gasteiger partial charge < -0.3 is 4.90 Å². The minimum atomic E-state index is -0.341. The Morgan fingerprint density at radius 2 is 1.64 bits per heavy atom. The number of piperidine rings is 1. The van der Waals surface area contributed by atoms with Gasteiger partial charge in [0, 0.05) is 30.6 Å². The van der Waals surface area contributed by atoms with Gasteiger partial charge in [-0.15, -0.1) is 0 Å². The molecule has 1 amide bonds. The highest BCUT2D eigenvalue weighted by Crippen LogP contribution is 2.24. The molecular weight excluding hydrogens is 354 g/mol. The molecule has 1 saturated heterocycles. The van der Waals surface area contributed by atoms with Crippen molar-refractivity contribution >= 4 is 11.7 Å². The van der Waals surface area contributed by atoms with Crippen LogP contribution in [0.5, 0.6) is 0 Å². The third-order valence-electron chi connectivity index (χ3n) is 5.18. The molecule has 3 aromatic rings. The highest BCUT2D eigenvalue weighted by Gasteiger charge is 2.30. The monoisotopic (exact) mass is 375 g/mol. The number of carbonyl (C=O) groups is 2. The summed E-state index contributed by atoms with van der Waals surface area (Å²) in [4.78, 5) is 38.4. The number of hydrogen-bond donors (Lipinski definition) is 2. The molecule has 142 valence electrons. The molecule has 6 nitrogen and oxygen atoms in total. The number of aromatic amines is 2. The van der Waals surface area contributed by atoms with Crippen LogP contribution in [0.3, 0.4) is 0 Å². The summed E-state index contributed by atoms with van der Waals surface area (Å²) in [7, 11) is 0. The van der Waals surface area contributed by atoms with Crippen molar-refractivity contribution in [2.24, 2.45) is 5.92 Å². The first kappa shape index (κ1) is 18.0. The van der Waals surface area contributed by atoms with E-state index < -0.39 is 0 Å². The number of benzene rings is 2. The summed E-state index contributed by atoms with van der Waals surface area (Å²) in [5, 5.41) is 4.96. The number of carbonyl (C=O) groups excluding carboxylic acids is 2. The molecule has 1 aromatic heterocycles. The van der Waals surface area contributed by atoms with E-state index in [9.17, 15) is 14.4 Å². The van der Waals surface area contributed by atoms with Gasteiger partial charge in [-0.05, 0) is 24.0 Å². The van der Waals surface area contributed by atoms with E-state index in [1.165, 1.54) is 6.07 Å². The summed E-state index contributed by atoms with van der Waals surface area (Å²) < 4.78 is 0. The lowest BCUT2D eigenvalue weighted by atomic mass is 9.89. The first-order chi connectivity index (χ1) is 13.6. The second-order valence-corrected chi connectivity index (χ2v) is 7.07. The van der Waals surface area contributed by atoms with Crippen molar-refractivity contribution in [3.05, 3.63) is 82.3 Å². The fraction of sp³-hybridized carbons (Fsp3) is 0.227. The number of nitrogens with zero attached hydrogens (tertiary/aromatic N) is 1. The molecule has 0 radical (unpaired) electrons. The van der Waals surface area contributed by atoms with Crippen LogP contribution in [-0.4, -0.2) is 39.9 Å². The van der Waals surface area contributed by atoms with E-state index >= 15 is 0 Å². The second-order valence-electron chi connectivity index (χ2n) is 7.07. The number of Topliss-reactive ketones (excluding diaryl/α,β-unsaturated/α-hetero) is 1. The quantitative estimate of drug-likeness (QED) is 0.687.